The van der Waals surface area contributed by atoms with Crippen molar-refractivity contribution in [3.8, 4) is 11.8 Å². The summed E-state index contributed by atoms with van der Waals surface area (Å²) in [5.74, 6) is 3.79. The molecular weight excluding hydrogens is 332 g/mol. The van der Waals surface area contributed by atoms with Gasteiger partial charge in [0.2, 0.25) is 0 Å². The van der Waals surface area contributed by atoms with E-state index in [0.717, 1.165) is 6.42 Å². The molecule has 0 fully saturated rings. The van der Waals surface area contributed by atoms with Crippen LogP contribution in [-0.4, -0.2) is 4.98 Å². The summed E-state index contributed by atoms with van der Waals surface area (Å²) in [7, 11) is 0. The van der Waals surface area contributed by atoms with Crippen LogP contribution in [0.25, 0.3) is 0 Å². The third kappa shape index (κ3) is 2.99. The summed E-state index contributed by atoms with van der Waals surface area (Å²) in [6, 6.07) is 0. The van der Waals surface area contributed by atoms with E-state index in [-0.39, 0.29) is 14.8 Å². The van der Waals surface area contributed by atoms with Gasteiger partial charge in [-0.15, -0.1) is 0 Å². The third-order valence-corrected chi connectivity index (χ3v) is 2.79. The predicted molar refractivity (Wildman–Crippen MR) is 61.3 cm³/mol. The molecule has 0 saturated carbocycles. The highest BCUT2D eigenvalue weighted by atomic mass is 79.9. The van der Waals surface area contributed by atoms with Crippen LogP contribution >= 0.6 is 31.9 Å². The minimum Gasteiger partial charge on any atom is -0.226 e. The average molecular weight is 339 g/mol. The topological polar surface area (TPSA) is 12.9 Å². The summed E-state index contributed by atoms with van der Waals surface area (Å²) in [6.07, 6.45) is 1.55. The van der Waals surface area contributed by atoms with Gasteiger partial charge >= 0.3 is 0 Å². The van der Waals surface area contributed by atoms with E-state index in [1.165, 1.54) is 0 Å². The summed E-state index contributed by atoms with van der Waals surface area (Å²) in [5.41, 5.74) is -0.0522. The number of nitrogens with zero attached hydrogens (tertiary/aromatic N) is 1. The minimum atomic E-state index is -0.765. The van der Waals surface area contributed by atoms with Crippen molar-refractivity contribution in [3.05, 3.63) is 26.4 Å². The Labute approximate surface area is 104 Å². The lowest BCUT2D eigenvalue weighted by molar-refractivity contribution is 0.552. The molecule has 0 unspecified atom stereocenters. The second kappa shape index (κ2) is 5.57. The van der Waals surface area contributed by atoms with Crippen LogP contribution in [0.4, 0.5) is 8.78 Å². The number of unbranched alkanes of at least 4 members (excludes halogenated alkanes) is 1. The molecule has 1 heterocycles. The molecule has 0 bridgehead atoms. The highest BCUT2D eigenvalue weighted by Crippen LogP contribution is 2.26. The molecular formula is C10H7Br2F2N. The van der Waals surface area contributed by atoms with Gasteiger partial charge in [0.15, 0.2) is 17.3 Å². The lowest BCUT2D eigenvalue weighted by Crippen LogP contribution is -1.96. The van der Waals surface area contributed by atoms with Gasteiger partial charge in [-0.3, -0.25) is 0 Å². The Morgan fingerprint density at radius 1 is 1.27 bits per heavy atom. The molecule has 0 atom stereocenters. The van der Waals surface area contributed by atoms with Crippen molar-refractivity contribution in [2.24, 2.45) is 0 Å². The van der Waals surface area contributed by atoms with Crippen LogP contribution < -0.4 is 0 Å². The SMILES string of the molecule is CCCC#Cc1nc(Br)c(F)c(Br)c1F. The second-order valence-corrected chi connectivity index (χ2v) is 4.29. The van der Waals surface area contributed by atoms with Crippen LogP contribution in [-0.2, 0) is 0 Å². The zero-order valence-electron chi connectivity index (χ0n) is 7.87. The van der Waals surface area contributed by atoms with Crippen molar-refractivity contribution in [2.75, 3.05) is 0 Å². The monoisotopic (exact) mass is 337 g/mol. The summed E-state index contributed by atoms with van der Waals surface area (Å²) in [6.45, 7) is 1.97. The van der Waals surface area contributed by atoms with E-state index in [4.69, 9.17) is 0 Å². The molecule has 1 nitrogen and oxygen atoms in total. The van der Waals surface area contributed by atoms with Gasteiger partial charge in [0, 0.05) is 6.42 Å². The predicted octanol–water partition coefficient (Wildman–Crippen LogP) is 4.04. The smallest absolute Gasteiger partial charge is 0.174 e. The molecule has 5 heteroatoms. The number of halogens is 4. The molecule has 0 aliphatic carbocycles. The maximum Gasteiger partial charge on any atom is 0.174 e. The van der Waals surface area contributed by atoms with E-state index in [1.807, 2.05) is 6.92 Å². The van der Waals surface area contributed by atoms with E-state index >= 15 is 0 Å². The van der Waals surface area contributed by atoms with E-state index in [1.54, 1.807) is 0 Å². The average Bonchev–Trinajstić information content (AvgIpc) is 2.23. The highest BCUT2D eigenvalue weighted by molar-refractivity contribution is 9.11. The molecule has 0 N–H and O–H groups in total. The Balaban J connectivity index is 3.17. The van der Waals surface area contributed by atoms with Crippen LogP contribution in [0.15, 0.2) is 9.08 Å². The van der Waals surface area contributed by atoms with Crippen LogP contribution in [0.5, 0.6) is 0 Å². The van der Waals surface area contributed by atoms with E-state index in [9.17, 15) is 8.78 Å². The van der Waals surface area contributed by atoms with Gasteiger partial charge in [-0.2, -0.15) is 0 Å². The lowest BCUT2D eigenvalue weighted by Gasteiger charge is -2.00. The first kappa shape index (κ1) is 12.6. The quantitative estimate of drug-likeness (QED) is 0.556. The Bertz CT molecular complexity index is 435. The molecule has 0 aromatic carbocycles. The van der Waals surface area contributed by atoms with Crippen molar-refractivity contribution >= 4 is 31.9 Å². The minimum absolute atomic E-state index is 0.0448. The first-order valence-electron chi connectivity index (χ1n) is 4.26. The van der Waals surface area contributed by atoms with Crippen LogP contribution in [0.2, 0.25) is 0 Å². The van der Waals surface area contributed by atoms with Crippen molar-refractivity contribution in [2.45, 2.75) is 19.8 Å². The Hall–Kier alpha value is -0.470. The number of pyridine rings is 1. The fraction of sp³-hybridized carbons (Fsp3) is 0.300. The first-order chi connectivity index (χ1) is 7.07. The molecule has 80 valence electrons. The van der Waals surface area contributed by atoms with Crippen molar-refractivity contribution in [1.82, 2.24) is 4.98 Å². The Kier molecular flexibility index (Phi) is 4.68. The summed E-state index contributed by atoms with van der Waals surface area (Å²) < 4.78 is 26.2. The molecule has 0 amide bonds. The van der Waals surface area contributed by atoms with E-state index < -0.39 is 11.6 Å². The maximum atomic E-state index is 13.4. The zero-order valence-corrected chi connectivity index (χ0v) is 11.0. The van der Waals surface area contributed by atoms with Crippen molar-refractivity contribution in [3.63, 3.8) is 0 Å². The molecule has 15 heavy (non-hydrogen) atoms. The van der Waals surface area contributed by atoms with Crippen molar-refractivity contribution in [1.29, 1.82) is 0 Å². The number of hydrogen-bond acceptors (Lipinski definition) is 1. The fourth-order valence-electron chi connectivity index (χ4n) is 0.841. The largest absolute Gasteiger partial charge is 0.226 e. The van der Waals surface area contributed by atoms with Crippen LogP contribution in [0, 0.1) is 23.5 Å². The molecule has 0 saturated heterocycles. The maximum absolute atomic E-state index is 13.4. The van der Waals surface area contributed by atoms with Gasteiger partial charge in [0.05, 0.1) is 4.47 Å². The Morgan fingerprint density at radius 3 is 2.53 bits per heavy atom. The number of hydrogen-bond donors (Lipinski definition) is 0. The van der Waals surface area contributed by atoms with Gasteiger partial charge in [0.1, 0.15) is 4.60 Å². The van der Waals surface area contributed by atoms with E-state index in [2.05, 4.69) is 48.7 Å². The first-order valence-corrected chi connectivity index (χ1v) is 5.85. The van der Waals surface area contributed by atoms with Crippen molar-refractivity contribution < 1.29 is 8.78 Å². The molecule has 1 aromatic rings. The number of rotatable bonds is 1. The van der Waals surface area contributed by atoms with Crippen LogP contribution in [0.3, 0.4) is 0 Å². The molecule has 1 aromatic heterocycles. The molecule has 0 aliphatic rings. The normalized spacial score (nSPS) is 9.67. The standard InChI is InChI=1S/C10H7Br2F2N/c1-2-3-4-5-6-8(13)7(11)9(14)10(12)15-6/h2-3H2,1H3. The molecule has 0 spiro atoms. The summed E-state index contributed by atoms with van der Waals surface area (Å²) >= 11 is 5.69. The third-order valence-electron chi connectivity index (χ3n) is 1.57. The Morgan fingerprint density at radius 2 is 1.93 bits per heavy atom. The number of aromatic nitrogens is 1. The van der Waals surface area contributed by atoms with Gasteiger partial charge in [-0.25, -0.2) is 13.8 Å². The van der Waals surface area contributed by atoms with Gasteiger partial charge in [-0.05, 0) is 44.2 Å². The molecule has 1 rings (SSSR count). The molecule has 0 aliphatic heterocycles. The zero-order chi connectivity index (χ0) is 11.4. The fourth-order valence-corrected chi connectivity index (χ4v) is 1.86. The lowest BCUT2D eigenvalue weighted by atomic mass is 10.3. The van der Waals surface area contributed by atoms with E-state index in [0.29, 0.717) is 6.42 Å². The van der Waals surface area contributed by atoms with Gasteiger partial charge in [0.25, 0.3) is 0 Å². The molecule has 0 radical (unpaired) electrons. The second-order valence-electron chi connectivity index (χ2n) is 2.74. The van der Waals surface area contributed by atoms with Gasteiger partial charge < -0.3 is 0 Å². The van der Waals surface area contributed by atoms with Gasteiger partial charge in [-0.1, -0.05) is 12.8 Å². The summed E-state index contributed by atoms with van der Waals surface area (Å²) in [4.78, 5) is 3.67. The van der Waals surface area contributed by atoms with Crippen LogP contribution in [0.1, 0.15) is 25.5 Å². The summed E-state index contributed by atoms with van der Waals surface area (Å²) in [5, 5.41) is 0. The highest BCUT2D eigenvalue weighted by Gasteiger charge is 2.15.